The van der Waals surface area contributed by atoms with Gasteiger partial charge in [0.05, 0.1) is 6.61 Å². The quantitative estimate of drug-likeness (QED) is 0.389. The van der Waals surface area contributed by atoms with Gasteiger partial charge in [0.2, 0.25) is 5.91 Å². The Hall–Kier alpha value is -0.710. The normalized spacial score (nSPS) is 11.9. The van der Waals surface area contributed by atoms with E-state index in [9.17, 15) is 9.59 Å². The molecular formula is C11H21NO3S. The molecule has 5 heteroatoms. The van der Waals surface area contributed by atoms with Crippen LogP contribution in [0, 0.1) is 0 Å². The Bertz CT molecular complexity index is 221. The first-order valence-corrected chi connectivity index (χ1v) is 6.29. The molecule has 0 spiro atoms. The Morgan fingerprint density at radius 2 is 2.00 bits per heavy atom. The maximum Gasteiger partial charge on any atom is 0.329 e. The molecule has 0 bridgehead atoms. The lowest BCUT2D eigenvalue weighted by Crippen LogP contribution is -2.42. The number of hydrogen-bond acceptors (Lipinski definition) is 4. The Morgan fingerprint density at radius 3 is 2.50 bits per heavy atom. The minimum absolute atomic E-state index is 0.248. The van der Waals surface area contributed by atoms with Crippen LogP contribution in [0.5, 0.6) is 0 Å². The number of esters is 1. The monoisotopic (exact) mass is 247 g/mol. The van der Waals surface area contributed by atoms with Crippen LogP contribution in [0.3, 0.4) is 0 Å². The van der Waals surface area contributed by atoms with Crippen molar-refractivity contribution in [2.75, 3.05) is 12.4 Å². The van der Waals surface area contributed by atoms with E-state index in [4.69, 9.17) is 4.74 Å². The first kappa shape index (κ1) is 15.3. The number of carbonyl (C=O) groups is 2. The number of thiol groups is 1. The zero-order chi connectivity index (χ0) is 12.4. The Kier molecular flexibility index (Phi) is 9.09. The molecular weight excluding hydrogens is 226 g/mol. The highest BCUT2D eigenvalue weighted by Gasteiger charge is 2.18. The Balaban J connectivity index is 3.71. The van der Waals surface area contributed by atoms with Crippen LogP contribution in [0.25, 0.3) is 0 Å². The van der Waals surface area contributed by atoms with E-state index in [2.05, 4.69) is 24.9 Å². The SMILES string of the molecule is CCCCCCOC(=O)C(CS)NC(C)=O. The average Bonchev–Trinajstić information content (AvgIpc) is 2.25. The highest BCUT2D eigenvalue weighted by atomic mass is 32.1. The fourth-order valence-electron chi connectivity index (χ4n) is 1.23. The highest BCUT2D eigenvalue weighted by molar-refractivity contribution is 7.80. The molecule has 0 fully saturated rings. The van der Waals surface area contributed by atoms with Gasteiger partial charge in [-0.3, -0.25) is 4.79 Å². The van der Waals surface area contributed by atoms with E-state index in [1.54, 1.807) is 0 Å². The van der Waals surface area contributed by atoms with Gasteiger partial charge < -0.3 is 10.1 Å². The van der Waals surface area contributed by atoms with Crippen molar-refractivity contribution < 1.29 is 14.3 Å². The number of nitrogens with one attached hydrogen (secondary N) is 1. The van der Waals surface area contributed by atoms with Crippen LogP contribution >= 0.6 is 12.6 Å². The summed E-state index contributed by atoms with van der Waals surface area (Å²) in [4.78, 5) is 22.2. The van der Waals surface area contributed by atoms with Gasteiger partial charge in [0.1, 0.15) is 6.04 Å². The van der Waals surface area contributed by atoms with Crippen molar-refractivity contribution in [3.05, 3.63) is 0 Å². The zero-order valence-electron chi connectivity index (χ0n) is 9.99. The second-order valence-electron chi connectivity index (χ2n) is 3.66. The maximum absolute atomic E-state index is 11.5. The third-order valence-corrected chi connectivity index (χ3v) is 2.45. The van der Waals surface area contributed by atoms with Crippen molar-refractivity contribution in [3.8, 4) is 0 Å². The van der Waals surface area contributed by atoms with Crippen LogP contribution in [0.4, 0.5) is 0 Å². The molecule has 1 N–H and O–H groups in total. The topological polar surface area (TPSA) is 55.4 Å². The number of unbranched alkanes of at least 4 members (excludes halogenated alkanes) is 3. The first-order chi connectivity index (χ1) is 7.61. The van der Waals surface area contributed by atoms with Crippen LogP contribution in [0.2, 0.25) is 0 Å². The number of amides is 1. The largest absolute Gasteiger partial charge is 0.464 e. The summed E-state index contributed by atoms with van der Waals surface area (Å²) in [5.74, 6) is -0.392. The number of ether oxygens (including phenoxy) is 1. The lowest BCUT2D eigenvalue weighted by molar-refractivity contribution is -0.147. The molecule has 0 radical (unpaired) electrons. The molecule has 0 heterocycles. The van der Waals surface area contributed by atoms with E-state index in [0.29, 0.717) is 6.61 Å². The van der Waals surface area contributed by atoms with E-state index in [-0.39, 0.29) is 11.7 Å². The van der Waals surface area contributed by atoms with Crippen LogP contribution < -0.4 is 5.32 Å². The molecule has 0 rings (SSSR count). The zero-order valence-corrected chi connectivity index (χ0v) is 10.9. The van der Waals surface area contributed by atoms with Gasteiger partial charge in [0, 0.05) is 12.7 Å². The van der Waals surface area contributed by atoms with Gasteiger partial charge in [0.25, 0.3) is 0 Å². The summed E-state index contributed by atoms with van der Waals surface area (Å²) >= 11 is 3.99. The molecule has 1 amide bonds. The fraction of sp³-hybridized carbons (Fsp3) is 0.818. The molecule has 0 aromatic rings. The predicted octanol–water partition coefficient (Wildman–Crippen LogP) is 1.54. The predicted molar refractivity (Wildman–Crippen MR) is 66.6 cm³/mol. The van der Waals surface area contributed by atoms with Gasteiger partial charge >= 0.3 is 5.97 Å². The molecule has 0 aliphatic carbocycles. The van der Waals surface area contributed by atoms with E-state index in [0.717, 1.165) is 25.7 Å². The number of rotatable bonds is 8. The summed E-state index contributed by atoms with van der Waals surface area (Å²) in [6.45, 7) is 3.91. The van der Waals surface area contributed by atoms with Crippen molar-refractivity contribution in [1.82, 2.24) is 5.32 Å². The molecule has 16 heavy (non-hydrogen) atoms. The van der Waals surface area contributed by atoms with Gasteiger partial charge in [-0.15, -0.1) is 0 Å². The molecule has 0 saturated heterocycles. The minimum atomic E-state index is -0.632. The van der Waals surface area contributed by atoms with Crippen LogP contribution in [-0.4, -0.2) is 30.3 Å². The molecule has 94 valence electrons. The summed E-state index contributed by atoms with van der Waals surface area (Å²) < 4.78 is 5.04. The molecule has 0 saturated carbocycles. The molecule has 1 unspecified atom stereocenters. The van der Waals surface area contributed by atoms with E-state index < -0.39 is 12.0 Å². The van der Waals surface area contributed by atoms with Gasteiger partial charge in [-0.1, -0.05) is 26.2 Å². The van der Waals surface area contributed by atoms with E-state index >= 15 is 0 Å². The lowest BCUT2D eigenvalue weighted by Gasteiger charge is -2.14. The third-order valence-electron chi connectivity index (χ3n) is 2.09. The van der Waals surface area contributed by atoms with Crippen LogP contribution in [0.15, 0.2) is 0 Å². The maximum atomic E-state index is 11.5. The first-order valence-electron chi connectivity index (χ1n) is 5.66. The summed E-state index contributed by atoms with van der Waals surface area (Å²) in [5.41, 5.74) is 0. The highest BCUT2D eigenvalue weighted by Crippen LogP contribution is 2.00. The second-order valence-corrected chi connectivity index (χ2v) is 4.03. The van der Waals surface area contributed by atoms with Crippen LogP contribution in [-0.2, 0) is 14.3 Å². The molecule has 0 aromatic carbocycles. The minimum Gasteiger partial charge on any atom is -0.464 e. The van der Waals surface area contributed by atoms with Gasteiger partial charge in [-0.05, 0) is 6.42 Å². The summed E-state index contributed by atoms with van der Waals surface area (Å²) in [6, 6.07) is -0.632. The number of hydrogen-bond donors (Lipinski definition) is 2. The molecule has 0 aliphatic rings. The lowest BCUT2D eigenvalue weighted by atomic mass is 10.2. The summed E-state index contributed by atoms with van der Waals surface area (Å²) in [6.07, 6.45) is 4.24. The molecule has 1 atom stereocenters. The van der Waals surface area contributed by atoms with E-state index in [1.807, 2.05) is 0 Å². The van der Waals surface area contributed by atoms with Gasteiger partial charge in [-0.25, -0.2) is 4.79 Å². The summed E-state index contributed by atoms with van der Waals surface area (Å²) in [7, 11) is 0. The van der Waals surface area contributed by atoms with E-state index in [1.165, 1.54) is 6.92 Å². The average molecular weight is 247 g/mol. The van der Waals surface area contributed by atoms with Crippen molar-refractivity contribution in [2.45, 2.75) is 45.6 Å². The van der Waals surface area contributed by atoms with Gasteiger partial charge in [0.15, 0.2) is 0 Å². The second kappa shape index (κ2) is 9.51. The van der Waals surface area contributed by atoms with Crippen LogP contribution in [0.1, 0.15) is 39.5 Å². The number of carbonyl (C=O) groups excluding carboxylic acids is 2. The third kappa shape index (κ3) is 7.56. The molecule has 4 nitrogen and oxygen atoms in total. The standard InChI is InChI=1S/C11H21NO3S/c1-3-4-5-6-7-15-11(14)10(8-16)12-9(2)13/h10,16H,3-8H2,1-2H3,(H,12,13). The van der Waals surface area contributed by atoms with Crippen molar-refractivity contribution in [3.63, 3.8) is 0 Å². The smallest absolute Gasteiger partial charge is 0.329 e. The van der Waals surface area contributed by atoms with Gasteiger partial charge in [-0.2, -0.15) is 12.6 Å². The van der Waals surface area contributed by atoms with Crippen molar-refractivity contribution >= 4 is 24.5 Å². The van der Waals surface area contributed by atoms with Crippen molar-refractivity contribution in [1.29, 1.82) is 0 Å². The molecule has 0 aromatic heterocycles. The Labute approximate surface area is 103 Å². The Morgan fingerprint density at radius 1 is 1.31 bits per heavy atom. The fourth-order valence-corrected chi connectivity index (χ4v) is 1.47. The summed E-state index contributed by atoms with van der Waals surface area (Å²) in [5, 5.41) is 2.49. The molecule has 0 aliphatic heterocycles. The van der Waals surface area contributed by atoms with Crippen molar-refractivity contribution in [2.24, 2.45) is 0 Å².